The normalized spacial score (nSPS) is 13.6. The zero-order valence-corrected chi connectivity index (χ0v) is 56.7. The number of aliphatic hydroxyl groups is 1. The lowest BCUT2D eigenvalue weighted by atomic mass is 10.0. The van der Waals surface area contributed by atoms with Crippen molar-refractivity contribution in [1.29, 1.82) is 0 Å². The van der Waals surface area contributed by atoms with Gasteiger partial charge in [0.25, 0.3) is 0 Å². The van der Waals surface area contributed by atoms with Crippen molar-refractivity contribution in [2.75, 3.05) is 79.3 Å². The van der Waals surface area contributed by atoms with Crippen LogP contribution in [-0.4, -0.2) is 194 Å². The summed E-state index contributed by atoms with van der Waals surface area (Å²) in [6.07, 6.45) is -72.1. The molecule has 0 atom stereocenters. The van der Waals surface area contributed by atoms with Crippen molar-refractivity contribution < 1.29 is 220 Å². The molecule has 0 amide bonds. The Morgan fingerprint density at radius 2 is 0.458 bits per heavy atom. The lowest BCUT2D eigenvalue weighted by molar-refractivity contribution is -0.162. The SMILES string of the molecule is CC(C)(O)C#Cc1ccc2c3nc4nc(nc5[n-]c(nc6nc(nc([n-]3)c2c1)-c1c(OCC(F)(F)F)c(OCC(F)(F)F)c(OCC(F)(F)F)c(OCC(F)(F)F)c1-6)c1c(OCC(F)(F)F)c(OCC(F)(F)F)c(OCC(F)(F)F)c(OCC(F)(F)F)c51)-c1c(OCC(F)(F)F)c(OCC(F)(F)F)c(OCC(F)(F)F)c(OCC(F)(F)F)c1-4. The van der Waals surface area contributed by atoms with Crippen LogP contribution in [0.1, 0.15) is 19.4 Å². The summed E-state index contributed by atoms with van der Waals surface area (Å²) in [5, 5.41) is 4.23. The number of rotatable bonds is 24. The summed E-state index contributed by atoms with van der Waals surface area (Å²) in [6.45, 7) is -35.2. The Balaban J connectivity index is 1.76. The minimum atomic E-state index is -6.11. The van der Waals surface area contributed by atoms with Crippen LogP contribution >= 0.6 is 0 Å². The third kappa shape index (κ3) is 24.3. The van der Waals surface area contributed by atoms with E-state index >= 15 is 0 Å². The first-order valence-corrected chi connectivity index (χ1v) is 30.7. The van der Waals surface area contributed by atoms with Crippen LogP contribution in [0.4, 0.5) is 158 Å². The van der Waals surface area contributed by atoms with E-state index < -0.39 is 323 Å². The maximum Gasteiger partial charge on any atom is 0.422 e. The van der Waals surface area contributed by atoms with Gasteiger partial charge in [0.05, 0.1) is 45.6 Å². The number of hydrogen-bond acceptors (Lipinski definition) is 19. The van der Waals surface area contributed by atoms with Crippen molar-refractivity contribution in [3.05, 3.63) is 23.8 Å². The van der Waals surface area contributed by atoms with Crippen LogP contribution in [-0.2, 0) is 0 Å². The van der Waals surface area contributed by atoms with Crippen LogP contribution in [0.15, 0.2) is 18.2 Å². The van der Waals surface area contributed by atoms with Gasteiger partial charge in [-0.3, -0.25) is 0 Å². The highest BCUT2D eigenvalue weighted by Gasteiger charge is 2.47. The molecule has 8 bridgehead atoms. The van der Waals surface area contributed by atoms with Gasteiger partial charge in [-0.1, -0.05) is 17.9 Å². The smallest absolute Gasteiger partial charge is 0.422 e. The lowest BCUT2D eigenvalue weighted by Gasteiger charge is -2.25. The van der Waals surface area contributed by atoms with Crippen LogP contribution in [0, 0.1) is 11.8 Å². The predicted octanol–water partition coefficient (Wildman–Crippen LogP) is 17.5. The lowest BCUT2D eigenvalue weighted by Crippen LogP contribution is -2.25. The molecular formula is C61H34F36N8O13-2. The summed E-state index contributed by atoms with van der Waals surface area (Å²) in [4.78, 5) is 30.3. The van der Waals surface area contributed by atoms with Crippen molar-refractivity contribution in [3.63, 3.8) is 0 Å². The monoisotopic (exact) mass is 1770 g/mol. The van der Waals surface area contributed by atoms with Crippen LogP contribution in [0.5, 0.6) is 69.0 Å². The molecule has 9 rings (SSSR count). The van der Waals surface area contributed by atoms with Crippen molar-refractivity contribution >= 4 is 44.1 Å². The van der Waals surface area contributed by atoms with Crippen LogP contribution in [0.25, 0.3) is 89.7 Å². The maximum absolute atomic E-state index is 14.7. The van der Waals surface area contributed by atoms with E-state index in [1.807, 2.05) is 0 Å². The number of hydrogen-bond donors (Lipinski definition) is 1. The van der Waals surface area contributed by atoms with Crippen molar-refractivity contribution in [1.82, 2.24) is 39.9 Å². The summed E-state index contributed by atoms with van der Waals surface area (Å²) in [5.41, 5.74) is -18.0. The number of alkyl halides is 36. The quantitative estimate of drug-likeness (QED) is 0.0437. The Morgan fingerprint density at radius 1 is 0.263 bits per heavy atom. The molecule has 7 aromatic rings. The zero-order valence-electron chi connectivity index (χ0n) is 56.7. The summed E-state index contributed by atoms with van der Waals surface area (Å²) < 4.78 is 579. The summed E-state index contributed by atoms with van der Waals surface area (Å²) in [5.74, 6) is -33.0. The zero-order chi connectivity index (χ0) is 88.4. The summed E-state index contributed by atoms with van der Waals surface area (Å²) >= 11 is 0. The molecule has 5 heterocycles. The minimum Gasteiger partial charge on any atom is -0.479 e. The molecule has 0 saturated heterocycles. The first-order valence-electron chi connectivity index (χ1n) is 30.7. The van der Waals surface area contributed by atoms with E-state index in [-0.39, 0.29) is 0 Å². The first kappa shape index (κ1) is 90.8. The van der Waals surface area contributed by atoms with Gasteiger partial charge in [0, 0.05) is 38.9 Å². The highest BCUT2D eigenvalue weighted by molar-refractivity contribution is 6.15. The Hall–Kier alpha value is -11.2. The third-order valence-electron chi connectivity index (χ3n) is 13.6. The molecule has 4 aromatic carbocycles. The number of ether oxygens (including phenoxy) is 12. The van der Waals surface area contributed by atoms with Gasteiger partial charge in [-0.25, -0.2) is 9.97 Å². The third-order valence-corrected chi connectivity index (χ3v) is 13.6. The average Bonchev–Trinajstić information content (AvgIpc) is 1.55. The molecule has 3 aromatic heterocycles. The molecule has 650 valence electrons. The minimum absolute atomic E-state index is 0.485. The van der Waals surface area contributed by atoms with E-state index in [1.165, 1.54) is 0 Å². The fourth-order valence-electron chi connectivity index (χ4n) is 9.86. The predicted molar refractivity (Wildman–Crippen MR) is 316 cm³/mol. The molecule has 0 aliphatic carbocycles. The molecule has 1 N–H and O–H groups in total. The standard InChI is InChI=1S/C61H34F36N8O13/c1-49(2,106)6-5-20-3-4-21-22(7-20)42-98-41(21)99-43-23-25(31(109-10-52(68,69)70)37(115-16-58(86,87)88)35(113-14-56(80,81)82)29(23)107-8-50(62,63)64)45(101-43)103-47-27-28(34(112-13-55(77,78)79)40(118-19-61(95,96)97)39(117-18-60(92,93)94)33(27)111-12-54(74,75)76)48(105-47)104-46-26-24(44(100-42)102-46)30(108-9-51(65,66)67)36(114-15-57(83,84)85)38(116-17-59(89,90)91)32(26)110-11-53(71,72)73/h3-4,7,106H,8-19H2,1-2H3/q-2. The first-order chi connectivity index (χ1) is 53.6. The number of nitrogens with zero attached hydrogens (tertiary/aromatic N) is 8. The molecule has 21 nitrogen and oxygen atoms in total. The fourth-order valence-corrected chi connectivity index (χ4v) is 9.86. The Kier molecular flexibility index (Phi) is 24.6. The van der Waals surface area contributed by atoms with E-state index in [2.05, 4.69) is 80.1 Å². The molecular weight excluding hydrogens is 1740 g/mol. The molecule has 0 spiro atoms. The Morgan fingerprint density at radius 3 is 0.686 bits per heavy atom. The van der Waals surface area contributed by atoms with Gasteiger partial charge < -0.3 is 91.9 Å². The number of halogens is 36. The van der Waals surface area contributed by atoms with Crippen LogP contribution in [0.2, 0.25) is 0 Å². The van der Waals surface area contributed by atoms with Crippen molar-refractivity contribution in [2.24, 2.45) is 0 Å². The van der Waals surface area contributed by atoms with Gasteiger partial charge in [0.15, 0.2) is 114 Å². The van der Waals surface area contributed by atoms with Gasteiger partial charge in [0.1, 0.15) is 5.60 Å². The number of benzene rings is 4. The van der Waals surface area contributed by atoms with E-state index in [1.54, 1.807) is 0 Å². The second-order valence-corrected chi connectivity index (χ2v) is 24.1. The van der Waals surface area contributed by atoms with Crippen LogP contribution < -0.4 is 66.8 Å². The Labute approximate surface area is 626 Å². The summed E-state index contributed by atoms with van der Waals surface area (Å²) in [6, 6.07) is 2.20. The van der Waals surface area contributed by atoms with Gasteiger partial charge in [-0.15, -0.1) is 0 Å². The molecule has 0 saturated carbocycles. The highest BCUT2D eigenvalue weighted by atomic mass is 19.5. The van der Waals surface area contributed by atoms with E-state index in [0.717, 1.165) is 19.9 Å². The second-order valence-electron chi connectivity index (χ2n) is 24.1. The molecule has 2 aliphatic heterocycles. The van der Waals surface area contributed by atoms with Crippen LogP contribution in [0.3, 0.4) is 0 Å². The van der Waals surface area contributed by atoms with Crippen molar-refractivity contribution in [3.8, 4) is 126 Å². The number of fused-ring (bicyclic) bond motifs is 20. The molecule has 0 unspecified atom stereocenters. The molecule has 57 heteroatoms. The Bertz CT molecular complexity index is 5150. The summed E-state index contributed by atoms with van der Waals surface area (Å²) in [7, 11) is 0. The second kappa shape index (κ2) is 31.9. The van der Waals surface area contributed by atoms with Gasteiger partial charge >= 0.3 is 74.1 Å². The maximum atomic E-state index is 14.7. The molecule has 0 fully saturated rings. The fraction of sp³-hybridized carbons (Fsp3) is 0.443. The highest BCUT2D eigenvalue weighted by Crippen LogP contribution is 2.62. The number of aromatic nitrogens is 8. The van der Waals surface area contributed by atoms with E-state index in [9.17, 15) is 163 Å². The van der Waals surface area contributed by atoms with Gasteiger partial charge in [-0.2, -0.15) is 158 Å². The largest absolute Gasteiger partial charge is 0.479 e. The van der Waals surface area contributed by atoms with E-state index in [0.29, 0.717) is 12.1 Å². The topological polar surface area (TPSA) is 237 Å². The van der Waals surface area contributed by atoms with E-state index in [4.69, 9.17) is 28.4 Å². The van der Waals surface area contributed by atoms with Gasteiger partial charge in [-0.05, 0) is 36.8 Å². The van der Waals surface area contributed by atoms with Crippen molar-refractivity contribution in [2.45, 2.75) is 93.6 Å². The average molecular weight is 1770 g/mol. The molecule has 118 heavy (non-hydrogen) atoms. The van der Waals surface area contributed by atoms with Gasteiger partial charge in [0.2, 0.25) is 34.5 Å². The molecule has 2 aliphatic rings. The molecule has 0 radical (unpaired) electrons.